The van der Waals surface area contributed by atoms with Crippen LogP contribution in [0, 0.1) is 5.41 Å². The van der Waals surface area contributed by atoms with Gasteiger partial charge in [0.05, 0.1) is 0 Å². The first-order valence-electron chi connectivity index (χ1n) is 7.15. The fourth-order valence-corrected chi connectivity index (χ4v) is 2.72. The Morgan fingerprint density at radius 1 is 1.32 bits per heavy atom. The zero-order valence-electron chi connectivity index (χ0n) is 12.2. The third-order valence-corrected chi connectivity index (χ3v) is 4.28. The second-order valence-electron chi connectivity index (χ2n) is 6.34. The lowest BCUT2D eigenvalue weighted by atomic mass is 9.80. The van der Waals surface area contributed by atoms with Gasteiger partial charge in [0, 0.05) is 18.2 Å². The number of phenolic OH excluding ortho intramolecular Hbond substituents is 1. The van der Waals surface area contributed by atoms with Gasteiger partial charge in [-0.3, -0.25) is 0 Å². The molecular weight excluding hydrogens is 234 g/mol. The van der Waals surface area contributed by atoms with Crippen LogP contribution < -0.4 is 5.32 Å². The van der Waals surface area contributed by atoms with E-state index < -0.39 is 0 Å². The average molecular weight is 259 g/mol. The molecule has 0 radical (unpaired) electrons. The topological polar surface area (TPSA) is 32.3 Å². The average Bonchev–Trinajstić information content (AvgIpc) is 2.49. The van der Waals surface area contributed by atoms with Gasteiger partial charge in [0.1, 0.15) is 5.75 Å². The van der Waals surface area contributed by atoms with Gasteiger partial charge < -0.3 is 10.4 Å². The Kier molecular flexibility index (Phi) is 4.31. The molecule has 0 saturated heterocycles. The largest absolute Gasteiger partial charge is 0.508 e. The van der Waals surface area contributed by atoms with E-state index >= 15 is 0 Å². The van der Waals surface area contributed by atoms with Crippen molar-refractivity contribution in [3.05, 3.63) is 41.5 Å². The number of benzene rings is 1. The van der Waals surface area contributed by atoms with Crippen molar-refractivity contribution in [1.29, 1.82) is 0 Å². The fourth-order valence-electron chi connectivity index (χ4n) is 2.72. The molecule has 1 aliphatic carbocycles. The van der Waals surface area contributed by atoms with Crippen molar-refractivity contribution in [2.75, 3.05) is 0 Å². The molecule has 0 amide bonds. The normalized spacial score (nSPS) is 22.7. The molecule has 2 N–H and O–H groups in total. The summed E-state index contributed by atoms with van der Waals surface area (Å²) in [6.45, 7) is 7.61. The van der Waals surface area contributed by atoms with Crippen molar-refractivity contribution in [1.82, 2.24) is 5.32 Å². The summed E-state index contributed by atoms with van der Waals surface area (Å²) in [5, 5.41) is 13.5. The number of nitrogens with one attached hydrogen (secondary N) is 1. The van der Waals surface area contributed by atoms with Gasteiger partial charge in [-0.15, -0.1) is 0 Å². The Morgan fingerprint density at radius 3 is 2.79 bits per heavy atom. The predicted octanol–water partition coefficient (Wildman–Crippen LogP) is 4.01. The van der Waals surface area contributed by atoms with Gasteiger partial charge in [-0.1, -0.05) is 43.7 Å². The van der Waals surface area contributed by atoms with Gasteiger partial charge in [-0.05, 0) is 37.7 Å². The molecule has 0 spiro atoms. The van der Waals surface area contributed by atoms with Crippen LogP contribution in [0.1, 0.15) is 45.6 Å². The minimum atomic E-state index is 0.266. The smallest absolute Gasteiger partial charge is 0.120 e. The maximum absolute atomic E-state index is 9.82. The molecule has 1 unspecified atom stereocenters. The maximum Gasteiger partial charge on any atom is 0.120 e. The third kappa shape index (κ3) is 3.60. The lowest BCUT2D eigenvalue weighted by Gasteiger charge is -2.33. The molecule has 1 aromatic carbocycles. The zero-order valence-corrected chi connectivity index (χ0v) is 12.2. The van der Waals surface area contributed by atoms with Crippen molar-refractivity contribution in [2.24, 2.45) is 5.41 Å². The Hall–Kier alpha value is -1.28. The summed E-state index contributed by atoms with van der Waals surface area (Å²) < 4.78 is 0. The molecule has 0 aromatic heterocycles. The van der Waals surface area contributed by atoms with Crippen LogP contribution in [0.25, 0.3) is 0 Å². The number of allylic oxidation sites excluding steroid dienone is 2. The maximum atomic E-state index is 9.82. The van der Waals surface area contributed by atoms with E-state index in [4.69, 9.17) is 0 Å². The quantitative estimate of drug-likeness (QED) is 0.804. The van der Waals surface area contributed by atoms with E-state index in [-0.39, 0.29) is 5.41 Å². The number of hydrogen-bond donors (Lipinski definition) is 2. The molecule has 2 nitrogen and oxygen atoms in total. The third-order valence-electron chi connectivity index (χ3n) is 4.28. The van der Waals surface area contributed by atoms with Crippen LogP contribution in [0.4, 0.5) is 0 Å². The molecular formula is C17H25NO. The van der Waals surface area contributed by atoms with Gasteiger partial charge in [0.15, 0.2) is 0 Å². The van der Waals surface area contributed by atoms with Crippen molar-refractivity contribution in [3.63, 3.8) is 0 Å². The van der Waals surface area contributed by atoms with Crippen molar-refractivity contribution in [2.45, 2.75) is 52.6 Å². The molecule has 2 rings (SSSR count). The molecule has 0 aliphatic heterocycles. The highest BCUT2D eigenvalue weighted by Gasteiger charge is 2.29. The first kappa shape index (κ1) is 14.1. The molecule has 0 fully saturated rings. The van der Waals surface area contributed by atoms with Gasteiger partial charge in [0.2, 0.25) is 0 Å². The summed E-state index contributed by atoms with van der Waals surface area (Å²) >= 11 is 0. The molecule has 2 heteroatoms. The van der Waals surface area contributed by atoms with E-state index in [0.717, 1.165) is 18.5 Å². The Morgan fingerprint density at radius 2 is 2.05 bits per heavy atom. The number of para-hydroxylation sites is 1. The van der Waals surface area contributed by atoms with E-state index in [1.807, 2.05) is 18.2 Å². The summed E-state index contributed by atoms with van der Waals surface area (Å²) in [6.07, 6.45) is 5.84. The second-order valence-corrected chi connectivity index (χ2v) is 6.34. The lowest BCUT2D eigenvalue weighted by molar-refractivity contribution is 0.235. The van der Waals surface area contributed by atoms with E-state index in [9.17, 15) is 5.11 Å². The minimum Gasteiger partial charge on any atom is -0.508 e. The van der Waals surface area contributed by atoms with Crippen molar-refractivity contribution in [3.8, 4) is 5.75 Å². The number of aromatic hydroxyl groups is 1. The van der Waals surface area contributed by atoms with E-state index in [2.05, 4.69) is 32.2 Å². The first-order chi connectivity index (χ1) is 8.99. The standard InChI is InChI=1S/C17H25NO/c1-13-8-9-16(17(2,3)11-10-13)18-12-14-6-4-5-7-15(14)19/h4-7,10,16,18-19H,8-9,11-12H2,1-3H3. The second kappa shape index (κ2) is 5.79. The number of phenols is 1. The predicted molar refractivity (Wildman–Crippen MR) is 80.1 cm³/mol. The summed E-state index contributed by atoms with van der Waals surface area (Å²) in [6, 6.07) is 8.06. The van der Waals surface area contributed by atoms with Crippen LogP contribution in [0.2, 0.25) is 0 Å². The molecule has 1 atom stereocenters. The van der Waals surface area contributed by atoms with Crippen LogP contribution >= 0.6 is 0 Å². The Balaban J connectivity index is 2.01. The van der Waals surface area contributed by atoms with Gasteiger partial charge in [-0.2, -0.15) is 0 Å². The summed E-state index contributed by atoms with van der Waals surface area (Å²) in [7, 11) is 0. The Bertz CT molecular complexity index is 462. The summed E-state index contributed by atoms with van der Waals surface area (Å²) in [5.41, 5.74) is 2.74. The van der Waals surface area contributed by atoms with E-state index in [1.165, 1.54) is 18.4 Å². The van der Waals surface area contributed by atoms with Crippen molar-refractivity contribution >= 4 is 0 Å². The SMILES string of the molecule is CC1=CCC(C)(C)C(NCc2ccccc2O)CC1. The van der Waals surface area contributed by atoms with Crippen molar-refractivity contribution < 1.29 is 5.11 Å². The van der Waals surface area contributed by atoms with Crippen LogP contribution in [0.3, 0.4) is 0 Å². The van der Waals surface area contributed by atoms with Crippen LogP contribution in [0.15, 0.2) is 35.9 Å². The highest BCUT2D eigenvalue weighted by molar-refractivity contribution is 5.31. The summed E-state index contributed by atoms with van der Waals surface area (Å²) in [5.74, 6) is 0.385. The van der Waals surface area contributed by atoms with Gasteiger partial charge >= 0.3 is 0 Å². The molecule has 19 heavy (non-hydrogen) atoms. The van der Waals surface area contributed by atoms with E-state index in [0.29, 0.717) is 11.8 Å². The number of rotatable bonds is 3. The minimum absolute atomic E-state index is 0.266. The zero-order chi connectivity index (χ0) is 13.9. The molecule has 0 saturated carbocycles. The first-order valence-corrected chi connectivity index (χ1v) is 7.15. The lowest BCUT2D eigenvalue weighted by Crippen LogP contribution is -2.40. The van der Waals surface area contributed by atoms with Crippen LogP contribution in [0.5, 0.6) is 5.75 Å². The van der Waals surface area contributed by atoms with E-state index in [1.54, 1.807) is 6.07 Å². The summed E-state index contributed by atoms with van der Waals surface area (Å²) in [4.78, 5) is 0. The molecule has 1 aliphatic rings. The molecule has 0 heterocycles. The number of hydrogen-bond acceptors (Lipinski definition) is 2. The Labute approximate surface area is 116 Å². The van der Waals surface area contributed by atoms with Gasteiger partial charge in [0.25, 0.3) is 0 Å². The fraction of sp³-hybridized carbons (Fsp3) is 0.529. The van der Waals surface area contributed by atoms with Crippen LogP contribution in [-0.2, 0) is 6.54 Å². The van der Waals surface area contributed by atoms with Crippen LogP contribution in [-0.4, -0.2) is 11.1 Å². The highest BCUT2D eigenvalue weighted by Crippen LogP contribution is 2.33. The highest BCUT2D eigenvalue weighted by atomic mass is 16.3. The molecule has 1 aromatic rings. The molecule has 0 bridgehead atoms. The monoisotopic (exact) mass is 259 g/mol. The molecule has 104 valence electrons. The van der Waals surface area contributed by atoms with Gasteiger partial charge in [-0.25, -0.2) is 0 Å².